The van der Waals surface area contributed by atoms with Gasteiger partial charge in [-0.05, 0) is 37.8 Å². The first kappa shape index (κ1) is 19.9. The molecule has 0 unspecified atom stereocenters. The van der Waals surface area contributed by atoms with E-state index in [1.165, 1.54) is 12.8 Å². The molecule has 3 heterocycles. The molecule has 156 valence electrons. The number of likely N-dealkylation sites (tertiary alicyclic amines) is 1. The lowest BCUT2D eigenvalue weighted by Crippen LogP contribution is -2.43. The summed E-state index contributed by atoms with van der Waals surface area (Å²) in [5.41, 5.74) is 0.285. The van der Waals surface area contributed by atoms with Crippen LogP contribution in [0.15, 0.2) is 24.3 Å². The van der Waals surface area contributed by atoms with Crippen LogP contribution in [0.5, 0.6) is 0 Å². The predicted octanol–water partition coefficient (Wildman–Crippen LogP) is 4.27. The number of para-hydroxylation sites is 1. The van der Waals surface area contributed by atoms with Crippen molar-refractivity contribution in [3.63, 3.8) is 0 Å². The second-order valence-corrected chi connectivity index (χ2v) is 7.89. The minimum atomic E-state index is -4.60. The van der Waals surface area contributed by atoms with Crippen LogP contribution in [-0.4, -0.2) is 47.0 Å². The fraction of sp³-hybridized carbons (Fsp3) is 0.571. The van der Waals surface area contributed by atoms with Crippen LogP contribution in [0.25, 0.3) is 10.9 Å². The van der Waals surface area contributed by atoms with Crippen LogP contribution in [0.3, 0.4) is 0 Å². The van der Waals surface area contributed by atoms with Gasteiger partial charge >= 0.3 is 6.18 Å². The van der Waals surface area contributed by atoms with Crippen molar-refractivity contribution < 1.29 is 18.0 Å². The number of carbonyl (C=O) groups excluding carboxylic acids is 1. The summed E-state index contributed by atoms with van der Waals surface area (Å²) in [4.78, 5) is 24.3. The van der Waals surface area contributed by atoms with Gasteiger partial charge in [-0.2, -0.15) is 13.2 Å². The number of benzene rings is 1. The van der Waals surface area contributed by atoms with Crippen molar-refractivity contribution in [2.24, 2.45) is 5.92 Å². The molecule has 0 atom stereocenters. The molecule has 5 nitrogen and oxygen atoms in total. The number of fused-ring (bicyclic) bond motifs is 1. The van der Waals surface area contributed by atoms with E-state index >= 15 is 0 Å². The molecule has 0 bridgehead atoms. The number of alkyl halides is 3. The second kappa shape index (κ2) is 8.16. The van der Waals surface area contributed by atoms with Gasteiger partial charge in [-0.15, -0.1) is 0 Å². The molecule has 2 fully saturated rings. The van der Waals surface area contributed by atoms with Crippen LogP contribution in [0.4, 0.5) is 19.0 Å². The Hall–Kier alpha value is -2.38. The van der Waals surface area contributed by atoms with Crippen LogP contribution in [-0.2, 0) is 11.0 Å². The summed E-state index contributed by atoms with van der Waals surface area (Å²) in [6.45, 7) is 2.68. The lowest BCUT2D eigenvalue weighted by atomic mass is 9.95. The molecule has 0 radical (unpaired) electrons. The third kappa shape index (κ3) is 4.31. The van der Waals surface area contributed by atoms with Crippen molar-refractivity contribution >= 4 is 22.6 Å². The molecular weight excluding hydrogens is 381 g/mol. The monoisotopic (exact) mass is 406 g/mol. The summed E-state index contributed by atoms with van der Waals surface area (Å²) in [5.74, 6) is -0.660. The predicted molar refractivity (Wildman–Crippen MR) is 105 cm³/mol. The molecule has 2 saturated heterocycles. The summed E-state index contributed by atoms with van der Waals surface area (Å²) >= 11 is 0. The third-order valence-electron chi connectivity index (χ3n) is 5.90. The molecule has 0 aliphatic carbocycles. The van der Waals surface area contributed by atoms with Crippen molar-refractivity contribution in [3.05, 3.63) is 30.1 Å². The van der Waals surface area contributed by atoms with E-state index in [1.807, 2.05) is 9.80 Å². The zero-order chi connectivity index (χ0) is 20.4. The molecule has 1 amide bonds. The topological polar surface area (TPSA) is 49.3 Å². The number of rotatable bonds is 2. The summed E-state index contributed by atoms with van der Waals surface area (Å²) in [7, 11) is 0. The third-order valence-corrected chi connectivity index (χ3v) is 5.90. The van der Waals surface area contributed by atoms with Crippen LogP contribution < -0.4 is 4.90 Å². The number of nitrogens with zero attached hydrogens (tertiary/aromatic N) is 4. The Bertz CT molecular complexity index is 870. The Morgan fingerprint density at radius 1 is 0.931 bits per heavy atom. The van der Waals surface area contributed by atoms with Gasteiger partial charge in [0.15, 0.2) is 0 Å². The average Bonchev–Trinajstić information content (AvgIpc) is 3.01. The maximum atomic E-state index is 13.3. The fourth-order valence-electron chi connectivity index (χ4n) is 4.32. The Kier molecular flexibility index (Phi) is 5.61. The highest BCUT2D eigenvalue weighted by Gasteiger charge is 2.37. The first-order valence-electron chi connectivity index (χ1n) is 10.3. The minimum Gasteiger partial charge on any atom is -0.356 e. The molecule has 8 heteroatoms. The molecule has 0 N–H and O–H groups in total. The van der Waals surface area contributed by atoms with E-state index in [9.17, 15) is 18.0 Å². The van der Waals surface area contributed by atoms with Gasteiger partial charge in [-0.1, -0.05) is 25.0 Å². The number of anilines is 1. The number of hydrogen-bond donors (Lipinski definition) is 0. The second-order valence-electron chi connectivity index (χ2n) is 7.89. The van der Waals surface area contributed by atoms with Gasteiger partial charge in [-0.3, -0.25) is 4.79 Å². The van der Waals surface area contributed by atoms with E-state index < -0.39 is 12.0 Å². The highest BCUT2D eigenvalue weighted by Crippen LogP contribution is 2.33. The summed E-state index contributed by atoms with van der Waals surface area (Å²) in [6, 6.07) is 6.77. The van der Waals surface area contributed by atoms with Crippen molar-refractivity contribution in [1.82, 2.24) is 14.9 Å². The summed E-state index contributed by atoms with van der Waals surface area (Å²) in [5, 5.41) is 0.609. The van der Waals surface area contributed by atoms with E-state index in [4.69, 9.17) is 0 Å². The van der Waals surface area contributed by atoms with Crippen molar-refractivity contribution in [2.45, 2.75) is 44.7 Å². The smallest absolute Gasteiger partial charge is 0.356 e. The zero-order valence-electron chi connectivity index (χ0n) is 16.3. The SMILES string of the molecule is O=C(C1CCN(c2nc(C(F)(F)F)nc3ccccc23)CC1)N1CCCCCC1. The lowest BCUT2D eigenvalue weighted by molar-refractivity contribution is -0.144. The molecule has 1 aromatic carbocycles. The van der Waals surface area contributed by atoms with Gasteiger partial charge < -0.3 is 9.80 Å². The van der Waals surface area contributed by atoms with Gasteiger partial charge in [0.2, 0.25) is 11.7 Å². The number of piperidine rings is 1. The first-order chi connectivity index (χ1) is 13.9. The van der Waals surface area contributed by atoms with E-state index in [0.717, 1.165) is 25.9 Å². The molecular formula is C21H25F3N4O. The maximum Gasteiger partial charge on any atom is 0.451 e. The Labute approximate surface area is 167 Å². The van der Waals surface area contributed by atoms with Crippen molar-refractivity contribution in [1.29, 1.82) is 0 Å². The normalized spacial score (nSPS) is 19.4. The molecule has 2 aliphatic heterocycles. The van der Waals surface area contributed by atoms with E-state index in [1.54, 1.807) is 24.3 Å². The molecule has 0 spiro atoms. The average molecular weight is 406 g/mol. The van der Waals surface area contributed by atoms with Crippen LogP contribution >= 0.6 is 0 Å². The number of aromatic nitrogens is 2. The van der Waals surface area contributed by atoms with Gasteiger partial charge in [0, 0.05) is 37.5 Å². The molecule has 1 aromatic heterocycles. The van der Waals surface area contributed by atoms with Crippen molar-refractivity contribution in [3.8, 4) is 0 Å². The number of halogens is 3. The molecule has 2 aromatic rings. The van der Waals surface area contributed by atoms with Crippen LogP contribution in [0, 0.1) is 5.92 Å². The molecule has 4 rings (SSSR count). The lowest BCUT2D eigenvalue weighted by Gasteiger charge is -2.35. The number of carbonyl (C=O) groups is 1. The summed E-state index contributed by atoms with van der Waals surface area (Å²) < 4.78 is 39.8. The largest absolute Gasteiger partial charge is 0.451 e. The standard InChI is InChI=1S/C21H25F3N4O/c22-21(23,24)20-25-17-8-4-3-7-16(17)18(26-20)27-13-9-15(10-14-27)19(29)28-11-5-1-2-6-12-28/h3-4,7-8,15H,1-2,5-6,9-14H2. The van der Waals surface area contributed by atoms with Crippen LogP contribution in [0.1, 0.15) is 44.3 Å². The zero-order valence-corrected chi connectivity index (χ0v) is 16.3. The van der Waals surface area contributed by atoms with Crippen LogP contribution in [0.2, 0.25) is 0 Å². The molecule has 29 heavy (non-hydrogen) atoms. The first-order valence-corrected chi connectivity index (χ1v) is 10.3. The fourth-order valence-corrected chi connectivity index (χ4v) is 4.32. The Morgan fingerprint density at radius 2 is 1.59 bits per heavy atom. The van der Waals surface area contributed by atoms with Gasteiger partial charge in [-0.25, -0.2) is 9.97 Å². The number of hydrogen-bond acceptors (Lipinski definition) is 4. The quantitative estimate of drug-likeness (QED) is 0.748. The number of amides is 1. The van der Waals surface area contributed by atoms with Gasteiger partial charge in [0.05, 0.1) is 5.52 Å². The van der Waals surface area contributed by atoms with E-state index in [0.29, 0.717) is 37.1 Å². The van der Waals surface area contributed by atoms with Gasteiger partial charge in [0.1, 0.15) is 5.82 Å². The van der Waals surface area contributed by atoms with Crippen molar-refractivity contribution in [2.75, 3.05) is 31.1 Å². The maximum absolute atomic E-state index is 13.3. The Balaban J connectivity index is 1.52. The molecule has 0 saturated carbocycles. The minimum absolute atomic E-state index is 0.0560. The highest BCUT2D eigenvalue weighted by atomic mass is 19.4. The van der Waals surface area contributed by atoms with E-state index in [-0.39, 0.29) is 17.3 Å². The van der Waals surface area contributed by atoms with Gasteiger partial charge in [0.25, 0.3) is 0 Å². The Morgan fingerprint density at radius 3 is 2.24 bits per heavy atom. The summed E-state index contributed by atoms with van der Waals surface area (Å²) in [6.07, 6.45) is 1.12. The molecule has 2 aliphatic rings. The highest BCUT2D eigenvalue weighted by molar-refractivity contribution is 5.89. The van der Waals surface area contributed by atoms with E-state index in [2.05, 4.69) is 9.97 Å².